The molecule has 0 saturated heterocycles. The van der Waals surface area contributed by atoms with E-state index in [1.807, 2.05) is 37.7 Å². The summed E-state index contributed by atoms with van der Waals surface area (Å²) in [4.78, 5) is 4.31. The molecule has 20 heavy (non-hydrogen) atoms. The molecule has 3 aromatic heterocycles. The van der Waals surface area contributed by atoms with Gasteiger partial charge in [-0.25, -0.2) is 0 Å². The number of nitrogens with zero attached hydrogens (tertiary/aromatic N) is 4. The number of aromatic nitrogens is 4. The molecule has 0 bridgehead atoms. The average molecular weight is 290 g/mol. The van der Waals surface area contributed by atoms with Gasteiger partial charge in [0, 0.05) is 18.0 Å². The third-order valence-corrected chi connectivity index (χ3v) is 3.71. The average Bonchev–Trinajstić information content (AvgIpc) is 3.12. The highest BCUT2D eigenvalue weighted by Crippen LogP contribution is 2.23. The predicted octanol–water partition coefficient (Wildman–Crippen LogP) is 2.73. The summed E-state index contributed by atoms with van der Waals surface area (Å²) in [5.74, 6) is 1.81. The zero-order valence-corrected chi connectivity index (χ0v) is 12.3. The highest BCUT2D eigenvalue weighted by molar-refractivity contribution is 7.08. The van der Waals surface area contributed by atoms with E-state index >= 15 is 0 Å². The van der Waals surface area contributed by atoms with E-state index in [0.29, 0.717) is 11.7 Å². The first kappa shape index (κ1) is 12.9. The highest BCUT2D eigenvalue weighted by Gasteiger charge is 2.14. The second-order valence-corrected chi connectivity index (χ2v) is 5.22. The summed E-state index contributed by atoms with van der Waals surface area (Å²) < 4.78 is 12.7. The molecule has 0 N–H and O–H groups in total. The van der Waals surface area contributed by atoms with Gasteiger partial charge < -0.3 is 9.26 Å². The molecule has 3 aromatic rings. The Morgan fingerprint density at radius 1 is 1.40 bits per heavy atom. The minimum atomic E-state index is 0.241. The van der Waals surface area contributed by atoms with Crippen molar-refractivity contribution in [1.82, 2.24) is 19.9 Å². The van der Waals surface area contributed by atoms with Crippen LogP contribution in [0.5, 0.6) is 5.75 Å². The summed E-state index contributed by atoms with van der Waals surface area (Å²) in [6.45, 7) is 4.11. The molecule has 0 aliphatic heterocycles. The van der Waals surface area contributed by atoms with Crippen molar-refractivity contribution in [1.29, 1.82) is 0 Å². The summed E-state index contributed by atoms with van der Waals surface area (Å²) in [7, 11) is 1.89. The fourth-order valence-corrected chi connectivity index (χ4v) is 2.55. The first-order valence-electron chi connectivity index (χ1n) is 6.13. The van der Waals surface area contributed by atoms with Crippen molar-refractivity contribution >= 4 is 11.3 Å². The molecule has 7 heteroatoms. The van der Waals surface area contributed by atoms with E-state index < -0.39 is 0 Å². The lowest BCUT2D eigenvalue weighted by Gasteiger charge is -2.02. The van der Waals surface area contributed by atoms with E-state index in [2.05, 4.69) is 15.2 Å². The number of hydrogen-bond acceptors (Lipinski definition) is 6. The van der Waals surface area contributed by atoms with Gasteiger partial charge in [0.05, 0.1) is 5.69 Å². The number of ether oxygens (including phenoxy) is 1. The Kier molecular flexibility index (Phi) is 3.27. The van der Waals surface area contributed by atoms with Crippen molar-refractivity contribution in [3.63, 3.8) is 0 Å². The predicted molar refractivity (Wildman–Crippen MR) is 74.6 cm³/mol. The van der Waals surface area contributed by atoms with Gasteiger partial charge in [-0.2, -0.15) is 21.4 Å². The van der Waals surface area contributed by atoms with E-state index in [9.17, 15) is 0 Å². The Morgan fingerprint density at radius 3 is 2.90 bits per heavy atom. The molecule has 0 amide bonds. The van der Waals surface area contributed by atoms with Gasteiger partial charge in [0.15, 0.2) is 12.4 Å². The maximum atomic E-state index is 5.73. The molecule has 104 valence electrons. The molecule has 3 heterocycles. The molecule has 3 rings (SSSR count). The van der Waals surface area contributed by atoms with Crippen LogP contribution in [0.25, 0.3) is 11.4 Å². The number of thiophene rings is 1. The number of aryl methyl sites for hydroxylation is 2. The van der Waals surface area contributed by atoms with Crippen LogP contribution in [0, 0.1) is 13.8 Å². The summed E-state index contributed by atoms with van der Waals surface area (Å²) in [6.07, 6.45) is 0. The Hall–Kier alpha value is -2.15. The van der Waals surface area contributed by atoms with E-state index in [1.165, 1.54) is 0 Å². The zero-order chi connectivity index (χ0) is 14.1. The molecule has 0 atom stereocenters. The quantitative estimate of drug-likeness (QED) is 0.739. The van der Waals surface area contributed by atoms with Crippen molar-refractivity contribution in [2.75, 3.05) is 0 Å². The molecule has 0 spiro atoms. The maximum absolute atomic E-state index is 5.73. The molecule has 0 aromatic carbocycles. The molecule has 0 aliphatic carbocycles. The number of rotatable bonds is 4. The lowest BCUT2D eigenvalue weighted by molar-refractivity contribution is 0.240. The van der Waals surface area contributed by atoms with Crippen LogP contribution >= 0.6 is 11.3 Å². The smallest absolute Gasteiger partial charge is 0.264 e. The largest absolute Gasteiger partial charge is 0.480 e. The van der Waals surface area contributed by atoms with Crippen molar-refractivity contribution < 1.29 is 9.26 Å². The van der Waals surface area contributed by atoms with Crippen molar-refractivity contribution in [2.24, 2.45) is 7.05 Å². The molecular formula is C13H14N4O2S. The van der Waals surface area contributed by atoms with Gasteiger partial charge in [-0.15, -0.1) is 0 Å². The lowest BCUT2D eigenvalue weighted by atomic mass is 10.3. The third kappa shape index (κ3) is 2.32. The van der Waals surface area contributed by atoms with Crippen LogP contribution in [-0.2, 0) is 13.7 Å². The second kappa shape index (κ2) is 5.09. The third-order valence-electron chi connectivity index (χ3n) is 3.03. The molecule has 0 saturated carbocycles. The van der Waals surface area contributed by atoms with Crippen molar-refractivity contribution in [3.05, 3.63) is 34.1 Å². The highest BCUT2D eigenvalue weighted by atomic mass is 32.1. The van der Waals surface area contributed by atoms with Gasteiger partial charge in [0.25, 0.3) is 5.89 Å². The van der Waals surface area contributed by atoms with Crippen LogP contribution in [0.4, 0.5) is 0 Å². The van der Waals surface area contributed by atoms with E-state index in [4.69, 9.17) is 9.26 Å². The van der Waals surface area contributed by atoms with Gasteiger partial charge in [-0.05, 0) is 25.3 Å². The van der Waals surface area contributed by atoms with Gasteiger partial charge in [-0.3, -0.25) is 4.68 Å². The molecule has 0 fully saturated rings. The van der Waals surface area contributed by atoms with Crippen LogP contribution < -0.4 is 4.74 Å². The zero-order valence-electron chi connectivity index (χ0n) is 11.5. The molecule has 0 unspecified atom stereocenters. The second-order valence-electron chi connectivity index (χ2n) is 4.44. The molecule has 0 radical (unpaired) electrons. The molecule has 0 aliphatic rings. The van der Waals surface area contributed by atoms with Gasteiger partial charge in [-0.1, -0.05) is 5.16 Å². The minimum absolute atomic E-state index is 0.241. The van der Waals surface area contributed by atoms with Crippen LogP contribution in [0.1, 0.15) is 17.3 Å². The van der Waals surface area contributed by atoms with Gasteiger partial charge in [0.1, 0.15) is 5.69 Å². The summed E-state index contributed by atoms with van der Waals surface area (Å²) >= 11 is 1.60. The monoisotopic (exact) mass is 290 g/mol. The van der Waals surface area contributed by atoms with Crippen molar-refractivity contribution in [2.45, 2.75) is 20.5 Å². The van der Waals surface area contributed by atoms with E-state index in [0.717, 1.165) is 22.7 Å². The Labute approximate surface area is 120 Å². The van der Waals surface area contributed by atoms with Crippen LogP contribution in [0.2, 0.25) is 0 Å². The normalized spacial score (nSPS) is 10.9. The summed E-state index contributed by atoms with van der Waals surface area (Å²) in [5, 5.41) is 12.2. The maximum Gasteiger partial charge on any atom is 0.264 e. The Morgan fingerprint density at radius 2 is 2.25 bits per heavy atom. The van der Waals surface area contributed by atoms with Crippen LogP contribution in [0.15, 0.2) is 21.3 Å². The fraction of sp³-hybridized carbons (Fsp3) is 0.308. The van der Waals surface area contributed by atoms with Crippen LogP contribution in [-0.4, -0.2) is 19.9 Å². The molecular weight excluding hydrogens is 276 g/mol. The van der Waals surface area contributed by atoms with Gasteiger partial charge in [0.2, 0.25) is 5.82 Å². The fourth-order valence-electron chi connectivity index (χ4n) is 1.92. The molecule has 6 nitrogen and oxygen atoms in total. The lowest BCUT2D eigenvalue weighted by Crippen LogP contribution is -1.98. The van der Waals surface area contributed by atoms with Crippen molar-refractivity contribution in [3.8, 4) is 17.1 Å². The minimum Gasteiger partial charge on any atom is -0.480 e. The SMILES string of the molecule is Cc1nn(C)c(C)c1OCc1nc(-c2ccsc2)no1. The summed E-state index contributed by atoms with van der Waals surface area (Å²) in [5.41, 5.74) is 2.78. The standard InChI is InChI=1S/C13H14N4O2S/c1-8-12(9(2)17(3)15-8)18-6-11-14-13(16-19-11)10-4-5-20-7-10/h4-5,7H,6H2,1-3H3. The number of hydrogen-bond donors (Lipinski definition) is 0. The van der Waals surface area contributed by atoms with E-state index in [1.54, 1.807) is 16.0 Å². The van der Waals surface area contributed by atoms with Crippen LogP contribution in [0.3, 0.4) is 0 Å². The first-order chi connectivity index (χ1) is 9.65. The Bertz CT molecular complexity index is 715. The van der Waals surface area contributed by atoms with Gasteiger partial charge >= 0.3 is 0 Å². The van der Waals surface area contributed by atoms with E-state index in [-0.39, 0.29) is 6.61 Å². The Balaban J connectivity index is 1.73. The summed E-state index contributed by atoms with van der Waals surface area (Å²) in [6, 6.07) is 1.95. The first-order valence-corrected chi connectivity index (χ1v) is 7.07. The topological polar surface area (TPSA) is 66.0 Å².